The average Bonchev–Trinajstić information content (AvgIpc) is 3.10. The molecule has 0 bridgehead atoms. The summed E-state index contributed by atoms with van der Waals surface area (Å²) in [6.45, 7) is 3.91. The van der Waals surface area contributed by atoms with Crippen molar-refractivity contribution < 1.29 is 9.90 Å². The zero-order valence-electron chi connectivity index (χ0n) is 12.6. The molecule has 0 spiro atoms. The summed E-state index contributed by atoms with van der Waals surface area (Å²) in [5, 5.41) is 13.9. The lowest BCUT2D eigenvalue weighted by Crippen LogP contribution is -2.51. The predicted octanol–water partition coefficient (Wildman–Crippen LogP) is 1.67. The van der Waals surface area contributed by atoms with Crippen molar-refractivity contribution in [2.24, 2.45) is 5.92 Å². The summed E-state index contributed by atoms with van der Waals surface area (Å²) in [5.74, 6) is 0.931. The lowest BCUT2D eigenvalue weighted by molar-refractivity contribution is -0.127. The van der Waals surface area contributed by atoms with Gasteiger partial charge < -0.3 is 10.4 Å². The van der Waals surface area contributed by atoms with Crippen molar-refractivity contribution in [3.8, 4) is 0 Å². The average molecular weight is 280 g/mol. The molecule has 3 rings (SSSR count). The van der Waals surface area contributed by atoms with Crippen LogP contribution < -0.4 is 5.32 Å². The summed E-state index contributed by atoms with van der Waals surface area (Å²) in [6, 6.07) is 0.433. The Hall–Kier alpha value is -0.610. The van der Waals surface area contributed by atoms with E-state index in [0.29, 0.717) is 12.6 Å². The third kappa shape index (κ3) is 3.34. The third-order valence-corrected chi connectivity index (χ3v) is 5.29. The molecule has 2 saturated carbocycles. The Labute approximate surface area is 121 Å². The van der Waals surface area contributed by atoms with Crippen molar-refractivity contribution in [1.82, 2.24) is 10.2 Å². The Kier molecular flexibility index (Phi) is 4.04. The summed E-state index contributed by atoms with van der Waals surface area (Å²) in [4.78, 5) is 14.5. The van der Waals surface area contributed by atoms with Gasteiger partial charge in [-0.1, -0.05) is 6.92 Å². The highest BCUT2D eigenvalue weighted by atomic mass is 16.3. The Balaban J connectivity index is 1.56. The van der Waals surface area contributed by atoms with Crippen molar-refractivity contribution in [3.63, 3.8) is 0 Å². The first-order chi connectivity index (χ1) is 9.56. The van der Waals surface area contributed by atoms with Gasteiger partial charge in [-0.05, 0) is 63.8 Å². The molecule has 1 amide bonds. The lowest BCUT2D eigenvalue weighted by Gasteiger charge is -2.39. The smallest absolute Gasteiger partial charge is 0.237 e. The lowest BCUT2D eigenvalue weighted by atomic mass is 9.79. The monoisotopic (exact) mass is 280 g/mol. The number of rotatable bonds is 4. The van der Waals surface area contributed by atoms with E-state index in [4.69, 9.17) is 0 Å². The van der Waals surface area contributed by atoms with E-state index in [9.17, 15) is 9.90 Å². The van der Waals surface area contributed by atoms with Crippen LogP contribution in [0.2, 0.25) is 0 Å². The molecule has 1 heterocycles. The van der Waals surface area contributed by atoms with Gasteiger partial charge >= 0.3 is 0 Å². The van der Waals surface area contributed by atoms with Crippen molar-refractivity contribution in [2.75, 3.05) is 13.1 Å². The molecule has 2 N–H and O–H groups in total. The van der Waals surface area contributed by atoms with Crippen LogP contribution in [-0.2, 0) is 4.79 Å². The van der Waals surface area contributed by atoms with E-state index >= 15 is 0 Å². The number of carbonyl (C=O) groups is 1. The Morgan fingerprint density at radius 3 is 2.60 bits per heavy atom. The number of nitrogens with zero attached hydrogens (tertiary/aromatic N) is 1. The molecule has 1 unspecified atom stereocenters. The molecule has 3 aliphatic rings. The number of hydrogen-bond acceptors (Lipinski definition) is 3. The minimum absolute atomic E-state index is 0.000949. The summed E-state index contributed by atoms with van der Waals surface area (Å²) in [7, 11) is 0. The normalized spacial score (nSPS) is 38.9. The van der Waals surface area contributed by atoms with Gasteiger partial charge in [-0.3, -0.25) is 9.69 Å². The number of hydrogen-bond donors (Lipinski definition) is 2. The third-order valence-electron chi connectivity index (χ3n) is 5.29. The van der Waals surface area contributed by atoms with Crippen LogP contribution in [-0.4, -0.2) is 46.7 Å². The molecule has 20 heavy (non-hydrogen) atoms. The maximum absolute atomic E-state index is 12.3. The summed E-state index contributed by atoms with van der Waals surface area (Å²) < 4.78 is 0. The fourth-order valence-corrected chi connectivity index (χ4v) is 3.67. The van der Waals surface area contributed by atoms with Gasteiger partial charge in [-0.15, -0.1) is 0 Å². The second-order valence-corrected chi connectivity index (χ2v) is 7.32. The first-order valence-electron chi connectivity index (χ1n) is 8.32. The van der Waals surface area contributed by atoms with Crippen LogP contribution in [0.3, 0.4) is 0 Å². The van der Waals surface area contributed by atoms with Crippen LogP contribution in [0.1, 0.15) is 58.3 Å². The SMILES string of the molecule is CC1CCC(O)(CN2CCCC2C(=O)NC2CC2)CC1. The van der Waals surface area contributed by atoms with Crippen molar-refractivity contribution in [1.29, 1.82) is 0 Å². The highest BCUT2D eigenvalue weighted by molar-refractivity contribution is 5.82. The van der Waals surface area contributed by atoms with E-state index < -0.39 is 5.60 Å². The van der Waals surface area contributed by atoms with Gasteiger partial charge in [0.15, 0.2) is 0 Å². The van der Waals surface area contributed by atoms with Crippen molar-refractivity contribution in [3.05, 3.63) is 0 Å². The maximum atomic E-state index is 12.3. The predicted molar refractivity (Wildman–Crippen MR) is 78.3 cm³/mol. The molecule has 114 valence electrons. The summed E-state index contributed by atoms with van der Waals surface area (Å²) >= 11 is 0. The molecule has 0 radical (unpaired) electrons. The largest absolute Gasteiger partial charge is 0.389 e. The topological polar surface area (TPSA) is 52.6 Å². The van der Waals surface area contributed by atoms with Crippen LogP contribution in [0.4, 0.5) is 0 Å². The molecule has 3 fully saturated rings. The number of amides is 1. The van der Waals surface area contributed by atoms with Crippen LogP contribution in [0.25, 0.3) is 0 Å². The summed E-state index contributed by atoms with van der Waals surface area (Å²) in [5.41, 5.74) is -0.561. The molecule has 0 aromatic heterocycles. The standard InChI is InChI=1S/C16H28N2O2/c1-12-6-8-16(20,9-7-12)11-18-10-2-3-14(18)15(19)17-13-4-5-13/h12-14,20H,2-11H2,1H3,(H,17,19). The number of aliphatic hydroxyl groups is 1. The van der Waals surface area contributed by atoms with Gasteiger partial charge in [-0.2, -0.15) is 0 Å². The maximum Gasteiger partial charge on any atom is 0.237 e. The highest BCUT2D eigenvalue weighted by Gasteiger charge is 2.39. The summed E-state index contributed by atoms with van der Waals surface area (Å²) in [6.07, 6.45) is 8.32. The van der Waals surface area contributed by atoms with Gasteiger partial charge in [0.25, 0.3) is 0 Å². The van der Waals surface area contributed by atoms with Crippen LogP contribution >= 0.6 is 0 Å². The minimum Gasteiger partial charge on any atom is -0.389 e. The first-order valence-corrected chi connectivity index (χ1v) is 8.32. The number of likely N-dealkylation sites (tertiary alicyclic amines) is 1. The van der Waals surface area contributed by atoms with Gasteiger partial charge in [0, 0.05) is 12.6 Å². The van der Waals surface area contributed by atoms with Crippen molar-refractivity contribution in [2.45, 2.75) is 76.0 Å². The Bertz CT molecular complexity index is 359. The molecular weight excluding hydrogens is 252 g/mol. The zero-order chi connectivity index (χ0) is 14.2. The molecule has 1 atom stereocenters. The van der Waals surface area contributed by atoms with Gasteiger partial charge in [0.05, 0.1) is 11.6 Å². The quantitative estimate of drug-likeness (QED) is 0.823. The highest BCUT2D eigenvalue weighted by Crippen LogP contribution is 2.34. The number of β-amino-alcohol motifs (C(OH)–C–C–N with tert-alkyl or cyclic N) is 1. The Morgan fingerprint density at radius 2 is 1.95 bits per heavy atom. The van der Waals surface area contributed by atoms with Gasteiger partial charge in [0.1, 0.15) is 0 Å². The van der Waals surface area contributed by atoms with Crippen LogP contribution in [0.5, 0.6) is 0 Å². The van der Waals surface area contributed by atoms with Crippen molar-refractivity contribution >= 4 is 5.91 Å². The van der Waals surface area contributed by atoms with E-state index in [1.165, 1.54) is 0 Å². The molecule has 4 nitrogen and oxygen atoms in total. The molecule has 4 heteroatoms. The van der Waals surface area contributed by atoms with Crippen LogP contribution in [0, 0.1) is 5.92 Å². The van der Waals surface area contributed by atoms with E-state index in [0.717, 1.165) is 63.8 Å². The minimum atomic E-state index is -0.561. The first kappa shape index (κ1) is 14.3. The molecular formula is C16H28N2O2. The number of carbonyl (C=O) groups excluding carboxylic acids is 1. The Morgan fingerprint density at radius 1 is 1.25 bits per heavy atom. The van der Waals surface area contributed by atoms with Gasteiger partial charge in [0.2, 0.25) is 5.91 Å². The fourth-order valence-electron chi connectivity index (χ4n) is 3.67. The van der Waals surface area contributed by atoms with Crippen LogP contribution in [0.15, 0.2) is 0 Å². The van der Waals surface area contributed by atoms with E-state index in [-0.39, 0.29) is 11.9 Å². The fraction of sp³-hybridized carbons (Fsp3) is 0.938. The van der Waals surface area contributed by atoms with E-state index in [1.807, 2.05) is 0 Å². The zero-order valence-corrected chi connectivity index (χ0v) is 12.6. The molecule has 0 aromatic rings. The second kappa shape index (κ2) is 5.64. The molecule has 1 saturated heterocycles. The van der Waals surface area contributed by atoms with Gasteiger partial charge in [-0.25, -0.2) is 0 Å². The molecule has 2 aliphatic carbocycles. The molecule has 0 aromatic carbocycles. The second-order valence-electron chi connectivity index (χ2n) is 7.32. The molecule has 1 aliphatic heterocycles. The number of nitrogens with one attached hydrogen (secondary N) is 1. The van der Waals surface area contributed by atoms with E-state index in [1.54, 1.807) is 0 Å². The van der Waals surface area contributed by atoms with E-state index in [2.05, 4.69) is 17.1 Å².